The van der Waals surface area contributed by atoms with E-state index in [1.165, 1.54) is 9.47 Å². The molecule has 0 aliphatic carbocycles. The molecule has 234 valence electrons. The van der Waals surface area contributed by atoms with Gasteiger partial charge < -0.3 is 9.47 Å². The average Bonchev–Trinajstić information content (AvgIpc) is 3.56. The largest absolute Gasteiger partial charge is 0.340 e. The first-order chi connectivity index (χ1) is 22.2. The second kappa shape index (κ2) is 11.2. The molecule has 7 rings (SSSR count). The first-order valence-electron chi connectivity index (χ1n) is 15.4. The summed E-state index contributed by atoms with van der Waals surface area (Å²) in [6.45, 7) is 7.03. The van der Waals surface area contributed by atoms with E-state index in [0.717, 1.165) is 26.7 Å². The van der Waals surface area contributed by atoms with Crippen LogP contribution in [-0.2, 0) is 20.1 Å². The van der Waals surface area contributed by atoms with Gasteiger partial charge in [0.2, 0.25) is 5.95 Å². The van der Waals surface area contributed by atoms with Gasteiger partial charge in [-0.25, -0.2) is 14.8 Å². The molecule has 5 heterocycles. The normalized spacial score (nSPS) is 17.0. The molecule has 1 atom stereocenters. The van der Waals surface area contributed by atoms with Gasteiger partial charge in [-0.2, -0.15) is 4.98 Å². The predicted octanol–water partition coefficient (Wildman–Crippen LogP) is 3.43. The zero-order chi connectivity index (χ0) is 32.3. The number of para-hydroxylation sites is 1. The van der Waals surface area contributed by atoms with Gasteiger partial charge in [-0.05, 0) is 51.8 Å². The number of aryl methyl sites for hydroxylation is 2. The van der Waals surface area contributed by atoms with E-state index in [-0.39, 0.29) is 30.0 Å². The van der Waals surface area contributed by atoms with Gasteiger partial charge in [0.1, 0.15) is 5.82 Å². The fourth-order valence-corrected chi connectivity index (χ4v) is 6.63. The zero-order valence-electron chi connectivity index (χ0n) is 26.2. The Morgan fingerprint density at radius 1 is 0.935 bits per heavy atom. The van der Waals surface area contributed by atoms with E-state index in [0.29, 0.717) is 60.9 Å². The molecule has 2 aliphatic heterocycles. The lowest BCUT2D eigenvalue weighted by atomic mass is 10.0. The lowest BCUT2D eigenvalue weighted by Crippen LogP contribution is -2.50. The Balaban J connectivity index is 1.31. The number of rotatable bonds is 6. The highest BCUT2D eigenvalue weighted by molar-refractivity contribution is 6.21. The smallest absolute Gasteiger partial charge is 0.332 e. The molecule has 0 unspecified atom stereocenters. The number of amides is 2. The van der Waals surface area contributed by atoms with Crippen LogP contribution >= 0.6 is 0 Å². The fourth-order valence-electron chi connectivity index (χ4n) is 6.63. The SMILES string of the molecule is C/C=C(\C)Cn1c(N2CCC[C@H](N3C(=O)c4ccccc4C3=O)C2)nc2c1c(=O)n(Cc1nc(C)c3ccccc3n1)c(=O)n2C. The maximum absolute atomic E-state index is 14.2. The van der Waals surface area contributed by atoms with Crippen LogP contribution in [0.3, 0.4) is 0 Å². The van der Waals surface area contributed by atoms with Crippen molar-refractivity contribution in [3.63, 3.8) is 0 Å². The summed E-state index contributed by atoms with van der Waals surface area (Å²) in [6, 6.07) is 14.2. The molecular weight excluding hydrogens is 584 g/mol. The summed E-state index contributed by atoms with van der Waals surface area (Å²) >= 11 is 0. The molecule has 12 heteroatoms. The lowest BCUT2D eigenvalue weighted by Gasteiger charge is -2.37. The minimum absolute atomic E-state index is 0.0955. The Kier molecular flexibility index (Phi) is 7.14. The summed E-state index contributed by atoms with van der Waals surface area (Å²) in [6.07, 6.45) is 3.35. The topological polar surface area (TPSA) is 128 Å². The summed E-state index contributed by atoms with van der Waals surface area (Å²) in [7, 11) is 1.61. The number of anilines is 1. The van der Waals surface area contributed by atoms with Crippen molar-refractivity contribution in [2.45, 2.75) is 52.7 Å². The molecule has 0 spiro atoms. The van der Waals surface area contributed by atoms with Crippen LogP contribution in [0.4, 0.5) is 5.95 Å². The van der Waals surface area contributed by atoms with Gasteiger partial charge in [0.05, 0.1) is 29.2 Å². The molecule has 12 nitrogen and oxygen atoms in total. The second-order valence-electron chi connectivity index (χ2n) is 12.0. The van der Waals surface area contributed by atoms with Gasteiger partial charge in [0.15, 0.2) is 11.2 Å². The van der Waals surface area contributed by atoms with Gasteiger partial charge in [0, 0.05) is 37.8 Å². The number of imide groups is 1. The number of benzene rings is 2. The van der Waals surface area contributed by atoms with Crippen molar-refractivity contribution in [3.8, 4) is 0 Å². The third-order valence-corrected chi connectivity index (χ3v) is 9.12. The van der Waals surface area contributed by atoms with Crippen LogP contribution in [0.25, 0.3) is 22.1 Å². The van der Waals surface area contributed by atoms with E-state index in [2.05, 4.69) is 9.97 Å². The highest BCUT2D eigenvalue weighted by Crippen LogP contribution is 2.31. The van der Waals surface area contributed by atoms with Crippen molar-refractivity contribution in [3.05, 3.63) is 104 Å². The Bertz CT molecular complexity index is 2190. The predicted molar refractivity (Wildman–Crippen MR) is 174 cm³/mol. The van der Waals surface area contributed by atoms with Crippen molar-refractivity contribution >= 4 is 39.8 Å². The third-order valence-electron chi connectivity index (χ3n) is 9.12. The monoisotopic (exact) mass is 618 g/mol. The van der Waals surface area contributed by atoms with Crippen LogP contribution in [0, 0.1) is 6.92 Å². The summed E-state index contributed by atoms with van der Waals surface area (Å²) in [4.78, 5) is 72.0. The van der Waals surface area contributed by atoms with Gasteiger partial charge in [-0.1, -0.05) is 42.0 Å². The van der Waals surface area contributed by atoms with E-state index in [1.54, 1.807) is 31.3 Å². The highest BCUT2D eigenvalue weighted by atomic mass is 16.2. The molecule has 1 saturated heterocycles. The Morgan fingerprint density at radius 3 is 2.35 bits per heavy atom. The number of piperidine rings is 1. The van der Waals surface area contributed by atoms with E-state index in [1.807, 2.05) is 60.6 Å². The van der Waals surface area contributed by atoms with Gasteiger partial charge in [-0.15, -0.1) is 0 Å². The first-order valence-corrected chi connectivity index (χ1v) is 15.4. The second-order valence-corrected chi connectivity index (χ2v) is 12.0. The molecule has 2 amide bonds. The molecule has 0 radical (unpaired) electrons. The van der Waals surface area contributed by atoms with E-state index >= 15 is 0 Å². The van der Waals surface area contributed by atoms with Crippen molar-refractivity contribution in [1.82, 2.24) is 33.6 Å². The fraction of sp³-hybridized carbons (Fsp3) is 0.324. The number of hydrogen-bond acceptors (Lipinski definition) is 8. The van der Waals surface area contributed by atoms with Crippen LogP contribution in [0.1, 0.15) is 58.9 Å². The quantitative estimate of drug-likeness (QED) is 0.209. The minimum Gasteiger partial charge on any atom is -0.340 e. The van der Waals surface area contributed by atoms with Crippen molar-refractivity contribution in [2.24, 2.45) is 7.05 Å². The summed E-state index contributed by atoms with van der Waals surface area (Å²) in [5, 5.41) is 0.910. The van der Waals surface area contributed by atoms with Crippen LogP contribution in [0.15, 0.2) is 69.8 Å². The first kappa shape index (κ1) is 29.3. The molecule has 3 aromatic heterocycles. The molecule has 0 N–H and O–H groups in total. The Labute approximate surface area is 264 Å². The van der Waals surface area contributed by atoms with Gasteiger partial charge in [0.25, 0.3) is 17.4 Å². The molecule has 0 bridgehead atoms. The molecule has 2 aliphatic rings. The number of fused-ring (bicyclic) bond motifs is 3. The number of hydrogen-bond donors (Lipinski definition) is 0. The van der Waals surface area contributed by atoms with E-state index in [4.69, 9.17) is 4.98 Å². The maximum atomic E-state index is 14.2. The molecule has 2 aromatic carbocycles. The average molecular weight is 619 g/mol. The third kappa shape index (κ3) is 4.63. The number of nitrogens with zero attached hydrogens (tertiary/aromatic N) is 8. The number of carbonyl (C=O) groups is 2. The summed E-state index contributed by atoms with van der Waals surface area (Å²) in [5.74, 6) is 0.301. The summed E-state index contributed by atoms with van der Waals surface area (Å²) in [5.41, 5.74) is 2.90. The Hall–Kier alpha value is -5.39. The Morgan fingerprint density at radius 2 is 1.63 bits per heavy atom. The lowest BCUT2D eigenvalue weighted by molar-refractivity contribution is 0.0569. The standard InChI is InChI=1S/C34H34N8O4/c1-5-20(2)17-40-28-29(38(4)34(46)41(32(28)45)19-27-35-21(3)23-12-8-9-15-26(23)36-27)37-33(40)39-16-10-11-22(18-39)42-30(43)24-13-6-7-14-25(24)31(42)44/h5-9,12-15,22H,10-11,16-19H2,1-4H3/b20-5+/t22-/m0/s1. The van der Waals surface area contributed by atoms with Crippen LogP contribution in [-0.4, -0.2) is 64.5 Å². The van der Waals surface area contributed by atoms with Crippen molar-refractivity contribution in [2.75, 3.05) is 18.0 Å². The van der Waals surface area contributed by atoms with Gasteiger partial charge in [-0.3, -0.25) is 28.4 Å². The molecule has 5 aromatic rings. The molecule has 1 fully saturated rings. The zero-order valence-corrected chi connectivity index (χ0v) is 26.2. The number of allylic oxidation sites excluding steroid dienone is 2. The van der Waals surface area contributed by atoms with Crippen LogP contribution in [0.5, 0.6) is 0 Å². The maximum Gasteiger partial charge on any atom is 0.332 e. The van der Waals surface area contributed by atoms with Crippen LogP contribution < -0.4 is 16.1 Å². The number of aromatic nitrogens is 6. The number of carbonyl (C=O) groups excluding carboxylic acids is 2. The van der Waals surface area contributed by atoms with Crippen LogP contribution in [0.2, 0.25) is 0 Å². The van der Waals surface area contributed by atoms with Crippen molar-refractivity contribution < 1.29 is 9.59 Å². The minimum atomic E-state index is -0.520. The van der Waals surface area contributed by atoms with E-state index in [9.17, 15) is 19.2 Å². The summed E-state index contributed by atoms with van der Waals surface area (Å²) < 4.78 is 4.40. The number of imidazole rings is 1. The van der Waals surface area contributed by atoms with E-state index < -0.39 is 11.2 Å². The molecule has 46 heavy (non-hydrogen) atoms. The van der Waals surface area contributed by atoms with Crippen molar-refractivity contribution in [1.29, 1.82) is 0 Å². The van der Waals surface area contributed by atoms with Gasteiger partial charge >= 0.3 is 5.69 Å². The molecule has 0 saturated carbocycles. The molecular formula is C34H34N8O4. The highest BCUT2D eigenvalue weighted by Gasteiger charge is 2.41.